The number of H-pyrrole nitrogens is 1. The standard InChI is InChI=1S/C18H20N4O3/c1-10(23)20-14-6-7-22-16(14)17(24)21-15(18(22)25)8-11-9-19-13-5-3-2-4-12(11)13/h2-5,9,14-16,19H,6-8H2,1H3,(H,20,23)(H,21,24). The second-order valence-corrected chi connectivity index (χ2v) is 6.70. The molecule has 2 aliphatic heterocycles. The molecule has 3 amide bonds. The molecular formula is C18H20N4O3. The first-order chi connectivity index (χ1) is 12.0. The normalized spacial score (nSPS) is 25.8. The number of nitrogens with one attached hydrogen (secondary N) is 3. The lowest BCUT2D eigenvalue weighted by molar-refractivity contribution is -0.147. The number of aromatic amines is 1. The van der Waals surface area contributed by atoms with Crippen LogP contribution in [0.5, 0.6) is 0 Å². The Morgan fingerprint density at radius 2 is 2.12 bits per heavy atom. The SMILES string of the molecule is CC(=O)NC1CCN2C(=O)C(Cc3c[nH]c4ccccc34)NC(=O)C12. The van der Waals surface area contributed by atoms with E-state index in [1.165, 1.54) is 6.92 Å². The van der Waals surface area contributed by atoms with Crippen LogP contribution >= 0.6 is 0 Å². The van der Waals surface area contributed by atoms with Crippen LogP contribution in [0.25, 0.3) is 10.9 Å². The average Bonchev–Trinajstić information content (AvgIpc) is 3.17. The molecule has 130 valence electrons. The predicted octanol–water partition coefficient (Wildman–Crippen LogP) is 0.314. The van der Waals surface area contributed by atoms with Crippen molar-refractivity contribution >= 4 is 28.6 Å². The van der Waals surface area contributed by atoms with Crippen LogP contribution < -0.4 is 10.6 Å². The first kappa shape index (κ1) is 15.7. The maximum absolute atomic E-state index is 12.8. The van der Waals surface area contributed by atoms with Crippen molar-refractivity contribution in [2.24, 2.45) is 0 Å². The summed E-state index contributed by atoms with van der Waals surface area (Å²) in [5.74, 6) is -0.462. The Balaban J connectivity index is 1.55. The van der Waals surface area contributed by atoms with Gasteiger partial charge in [0, 0.05) is 37.0 Å². The molecule has 3 unspecified atom stereocenters. The fourth-order valence-electron chi connectivity index (χ4n) is 3.95. The topological polar surface area (TPSA) is 94.3 Å². The van der Waals surface area contributed by atoms with Crippen LogP contribution in [-0.4, -0.2) is 52.3 Å². The van der Waals surface area contributed by atoms with Gasteiger partial charge in [0.15, 0.2) is 0 Å². The van der Waals surface area contributed by atoms with Gasteiger partial charge in [-0.05, 0) is 18.1 Å². The van der Waals surface area contributed by atoms with Gasteiger partial charge in [-0.2, -0.15) is 0 Å². The van der Waals surface area contributed by atoms with Gasteiger partial charge in [0.1, 0.15) is 12.1 Å². The highest BCUT2D eigenvalue weighted by molar-refractivity contribution is 5.99. The second-order valence-electron chi connectivity index (χ2n) is 6.70. The predicted molar refractivity (Wildman–Crippen MR) is 91.7 cm³/mol. The number of piperazine rings is 1. The summed E-state index contributed by atoms with van der Waals surface area (Å²) in [5.41, 5.74) is 2.02. The van der Waals surface area contributed by atoms with Gasteiger partial charge in [-0.3, -0.25) is 14.4 Å². The number of carbonyl (C=O) groups is 3. The van der Waals surface area contributed by atoms with Crippen molar-refractivity contribution in [2.45, 2.75) is 37.9 Å². The van der Waals surface area contributed by atoms with E-state index in [1.807, 2.05) is 30.5 Å². The smallest absolute Gasteiger partial charge is 0.246 e. The summed E-state index contributed by atoms with van der Waals surface area (Å²) in [5, 5.41) is 6.69. The molecule has 1 aromatic carbocycles. The average molecular weight is 340 g/mol. The van der Waals surface area contributed by atoms with Crippen molar-refractivity contribution in [2.75, 3.05) is 6.54 Å². The molecular weight excluding hydrogens is 320 g/mol. The maximum atomic E-state index is 12.8. The van der Waals surface area contributed by atoms with E-state index in [-0.39, 0.29) is 23.8 Å². The van der Waals surface area contributed by atoms with E-state index in [4.69, 9.17) is 0 Å². The number of benzene rings is 1. The third kappa shape index (κ3) is 2.65. The number of fused-ring (bicyclic) bond motifs is 2. The Morgan fingerprint density at radius 3 is 2.92 bits per heavy atom. The molecule has 0 bridgehead atoms. The summed E-state index contributed by atoms with van der Waals surface area (Å²) in [6.07, 6.45) is 2.94. The molecule has 0 aliphatic carbocycles. The largest absolute Gasteiger partial charge is 0.361 e. The minimum Gasteiger partial charge on any atom is -0.361 e. The van der Waals surface area contributed by atoms with E-state index in [9.17, 15) is 14.4 Å². The van der Waals surface area contributed by atoms with Crippen LogP contribution in [0.15, 0.2) is 30.5 Å². The van der Waals surface area contributed by atoms with Crippen molar-refractivity contribution in [1.29, 1.82) is 0 Å². The minimum absolute atomic E-state index is 0.0808. The van der Waals surface area contributed by atoms with Gasteiger partial charge in [-0.1, -0.05) is 18.2 Å². The minimum atomic E-state index is -0.601. The zero-order valence-electron chi connectivity index (χ0n) is 13.9. The molecule has 1 aromatic heterocycles. The summed E-state index contributed by atoms with van der Waals surface area (Å²) in [6.45, 7) is 1.91. The zero-order valence-corrected chi connectivity index (χ0v) is 13.9. The lowest BCUT2D eigenvalue weighted by Crippen LogP contribution is -2.65. The van der Waals surface area contributed by atoms with Crippen molar-refractivity contribution < 1.29 is 14.4 Å². The van der Waals surface area contributed by atoms with E-state index in [2.05, 4.69) is 15.6 Å². The van der Waals surface area contributed by atoms with Gasteiger partial charge in [0.2, 0.25) is 17.7 Å². The molecule has 2 saturated heterocycles. The lowest BCUT2D eigenvalue weighted by atomic mass is 9.99. The summed E-state index contributed by atoms with van der Waals surface area (Å²) < 4.78 is 0. The van der Waals surface area contributed by atoms with E-state index in [1.54, 1.807) is 4.90 Å². The highest BCUT2D eigenvalue weighted by Crippen LogP contribution is 2.26. The fourth-order valence-corrected chi connectivity index (χ4v) is 3.95. The van der Waals surface area contributed by atoms with E-state index in [0.717, 1.165) is 16.5 Å². The molecule has 25 heavy (non-hydrogen) atoms. The summed E-state index contributed by atoms with van der Waals surface area (Å²) in [6, 6.07) is 6.41. The number of aromatic nitrogens is 1. The Kier molecular flexibility index (Phi) is 3.71. The molecule has 3 heterocycles. The molecule has 0 saturated carbocycles. The fraction of sp³-hybridized carbons (Fsp3) is 0.389. The third-order valence-electron chi connectivity index (χ3n) is 5.05. The second kappa shape index (κ2) is 5.91. The van der Waals surface area contributed by atoms with Crippen molar-refractivity contribution in [3.8, 4) is 0 Å². The summed E-state index contributed by atoms with van der Waals surface area (Å²) >= 11 is 0. The number of amides is 3. The van der Waals surface area contributed by atoms with Gasteiger partial charge in [-0.25, -0.2) is 0 Å². The van der Waals surface area contributed by atoms with Crippen molar-refractivity contribution in [3.63, 3.8) is 0 Å². The number of hydrogen-bond donors (Lipinski definition) is 3. The molecule has 7 heteroatoms. The molecule has 7 nitrogen and oxygen atoms in total. The van der Waals surface area contributed by atoms with Crippen LogP contribution in [0.2, 0.25) is 0 Å². The Hall–Kier alpha value is -2.83. The Labute approximate surface area is 144 Å². The molecule has 3 N–H and O–H groups in total. The highest BCUT2D eigenvalue weighted by Gasteiger charge is 2.48. The third-order valence-corrected chi connectivity index (χ3v) is 5.05. The van der Waals surface area contributed by atoms with E-state index in [0.29, 0.717) is 19.4 Å². The summed E-state index contributed by atoms with van der Waals surface area (Å²) in [7, 11) is 0. The molecule has 3 atom stereocenters. The first-order valence-corrected chi connectivity index (χ1v) is 8.47. The number of carbonyl (C=O) groups excluding carboxylic acids is 3. The van der Waals surface area contributed by atoms with E-state index >= 15 is 0 Å². The molecule has 2 aliphatic rings. The molecule has 4 rings (SSSR count). The Bertz CT molecular complexity index is 859. The Morgan fingerprint density at radius 1 is 1.32 bits per heavy atom. The number of nitrogens with zero attached hydrogens (tertiary/aromatic N) is 1. The van der Waals surface area contributed by atoms with Gasteiger partial charge < -0.3 is 20.5 Å². The molecule has 0 radical (unpaired) electrons. The van der Waals surface area contributed by atoms with Crippen LogP contribution in [0.4, 0.5) is 0 Å². The van der Waals surface area contributed by atoms with Crippen molar-refractivity contribution in [3.05, 3.63) is 36.0 Å². The molecule has 0 spiro atoms. The summed E-state index contributed by atoms with van der Waals surface area (Å²) in [4.78, 5) is 41.5. The first-order valence-electron chi connectivity index (χ1n) is 8.47. The van der Waals surface area contributed by atoms with Gasteiger partial charge in [0.05, 0.1) is 6.04 Å². The van der Waals surface area contributed by atoms with Crippen molar-refractivity contribution in [1.82, 2.24) is 20.5 Å². The van der Waals surface area contributed by atoms with Gasteiger partial charge >= 0.3 is 0 Å². The van der Waals surface area contributed by atoms with Crippen LogP contribution in [0.1, 0.15) is 18.9 Å². The maximum Gasteiger partial charge on any atom is 0.246 e. The highest BCUT2D eigenvalue weighted by atomic mass is 16.2. The van der Waals surface area contributed by atoms with Crippen LogP contribution in [0, 0.1) is 0 Å². The number of hydrogen-bond acceptors (Lipinski definition) is 3. The molecule has 2 aromatic rings. The zero-order chi connectivity index (χ0) is 17.6. The van der Waals surface area contributed by atoms with Gasteiger partial charge in [0.25, 0.3) is 0 Å². The number of para-hydroxylation sites is 1. The molecule has 2 fully saturated rings. The van der Waals surface area contributed by atoms with Crippen LogP contribution in [-0.2, 0) is 20.8 Å². The van der Waals surface area contributed by atoms with Gasteiger partial charge in [-0.15, -0.1) is 0 Å². The number of rotatable bonds is 3. The quantitative estimate of drug-likeness (QED) is 0.751. The monoisotopic (exact) mass is 340 g/mol. The lowest BCUT2D eigenvalue weighted by Gasteiger charge is -2.36. The van der Waals surface area contributed by atoms with E-state index < -0.39 is 12.1 Å². The van der Waals surface area contributed by atoms with Crippen LogP contribution in [0.3, 0.4) is 0 Å².